The highest BCUT2D eigenvalue weighted by Gasteiger charge is 2.05. The van der Waals surface area contributed by atoms with E-state index in [0.717, 1.165) is 15.7 Å². The predicted molar refractivity (Wildman–Crippen MR) is 83.8 cm³/mol. The molecule has 0 aromatic heterocycles. The van der Waals surface area contributed by atoms with E-state index >= 15 is 0 Å². The van der Waals surface area contributed by atoms with Crippen LogP contribution >= 0.6 is 15.9 Å². The van der Waals surface area contributed by atoms with Crippen molar-refractivity contribution in [2.24, 2.45) is 4.99 Å². The summed E-state index contributed by atoms with van der Waals surface area (Å²) in [7, 11) is 0. The van der Waals surface area contributed by atoms with E-state index in [4.69, 9.17) is 4.74 Å². The number of nitrogens with zero attached hydrogens (tertiary/aromatic N) is 1. The van der Waals surface area contributed by atoms with Crippen molar-refractivity contribution in [3.63, 3.8) is 0 Å². The molecule has 3 nitrogen and oxygen atoms in total. The summed E-state index contributed by atoms with van der Waals surface area (Å²) in [6, 6.07) is 14.9. The second kappa shape index (κ2) is 7.01. The molecule has 102 valence electrons. The number of halogens is 1. The Bertz CT molecular complexity index is 621. The van der Waals surface area contributed by atoms with Gasteiger partial charge in [0, 0.05) is 10.7 Å². The van der Waals surface area contributed by atoms with Crippen molar-refractivity contribution in [3.05, 3.63) is 64.1 Å². The topological polar surface area (TPSA) is 38.7 Å². The van der Waals surface area contributed by atoms with Crippen LogP contribution in [0.2, 0.25) is 0 Å². The predicted octanol–water partition coefficient (Wildman–Crippen LogP) is 4.38. The van der Waals surface area contributed by atoms with Gasteiger partial charge in [0.25, 0.3) is 0 Å². The lowest BCUT2D eigenvalue weighted by Gasteiger charge is -2.02. The second-order valence-electron chi connectivity index (χ2n) is 4.08. The first-order chi connectivity index (χ1) is 9.69. The third-order valence-electron chi connectivity index (χ3n) is 2.59. The highest BCUT2D eigenvalue weighted by atomic mass is 79.9. The van der Waals surface area contributed by atoms with Crippen LogP contribution in [0.25, 0.3) is 0 Å². The van der Waals surface area contributed by atoms with Crippen LogP contribution in [-0.2, 0) is 4.74 Å². The number of hydrogen-bond acceptors (Lipinski definition) is 3. The molecule has 0 aliphatic heterocycles. The molecule has 2 rings (SSSR count). The highest BCUT2D eigenvalue weighted by molar-refractivity contribution is 9.10. The molecule has 20 heavy (non-hydrogen) atoms. The minimum Gasteiger partial charge on any atom is -0.462 e. The summed E-state index contributed by atoms with van der Waals surface area (Å²) in [5.41, 5.74) is 2.23. The Morgan fingerprint density at radius 2 is 2.00 bits per heavy atom. The average molecular weight is 332 g/mol. The van der Waals surface area contributed by atoms with Crippen LogP contribution < -0.4 is 0 Å². The quantitative estimate of drug-likeness (QED) is 0.616. The molecule has 0 spiro atoms. The van der Waals surface area contributed by atoms with Crippen LogP contribution in [0.5, 0.6) is 0 Å². The van der Waals surface area contributed by atoms with Gasteiger partial charge in [0.1, 0.15) is 0 Å². The first-order valence-corrected chi connectivity index (χ1v) is 7.05. The Morgan fingerprint density at radius 3 is 2.70 bits per heavy atom. The Kier molecular flexibility index (Phi) is 5.07. The fraction of sp³-hybridized carbons (Fsp3) is 0.125. The Balaban J connectivity index is 2.15. The normalized spacial score (nSPS) is 10.7. The molecule has 0 saturated carbocycles. The fourth-order valence-electron chi connectivity index (χ4n) is 1.63. The van der Waals surface area contributed by atoms with Gasteiger partial charge in [-0.3, -0.25) is 4.99 Å². The zero-order valence-corrected chi connectivity index (χ0v) is 12.6. The number of aliphatic imine (C=N–C) groups is 1. The van der Waals surface area contributed by atoms with Gasteiger partial charge in [-0.25, -0.2) is 4.79 Å². The van der Waals surface area contributed by atoms with Crippen molar-refractivity contribution in [3.8, 4) is 0 Å². The Hall–Kier alpha value is -1.94. The number of carbonyl (C=O) groups is 1. The van der Waals surface area contributed by atoms with E-state index in [1.807, 2.05) is 30.3 Å². The van der Waals surface area contributed by atoms with Gasteiger partial charge in [0.05, 0.1) is 17.9 Å². The van der Waals surface area contributed by atoms with E-state index in [1.165, 1.54) is 0 Å². The standard InChI is InChI=1S/C16H14BrNO2/c1-2-20-16(19)13-4-3-5-15(10-13)18-11-12-6-8-14(17)9-7-12/h3-11H,2H2,1H3. The van der Waals surface area contributed by atoms with Crippen molar-refractivity contribution in [1.29, 1.82) is 0 Å². The van der Waals surface area contributed by atoms with Gasteiger partial charge in [-0.15, -0.1) is 0 Å². The van der Waals surface area contributed by atoms with Gasteiger partial charge in [-0.05, 0) is 42.8 Å². The molecular formula is C16H14BrNO2. The van der Waals surface area contributed by atoms with Crippen LogP contribution in [-0.4, -0.2) is 18.8 Å². The third kappa shape index (κ3) is 4.03. The Morgan fingerprint density at radius 1 is 1.25 bits per heavy atom. The summed E-state index contributed by atoms with van der Waals surface area (Å²) in [5.74, 6) is -0.326. The van der Waals surface area contributed by atoms with Crippen LogP contribution in [0.4, 0.5) is 5.69 Å². The van der Waals surface area contributed by atoms with E-state index < -0.39 is 0 Å². The van der Waals surface area contributed by atoms with Crippen molar-refractivity contribution >= 4 is 33.8 Å². The molecule has 4 heteroatoms. The summed E-state index contributed by atoms with van der Waals surface area (Å²) in [6.07, 6.45) is 1.76. The maximum absolute atomic E-state index is 11.6. The van der Waals surface area contributed by atoms with Gasteiger partial charge >= 0.3 is 5.97 Å². The molecular weight excluding hydrogens is 318 g/mol. The van der Waals surface area contributed by atoms with Crippen LogP contribution in [0.3, 0.4) is 0 Å². The third-order valence-corrected chi connectivity index (χ3v) is 3.12. The van der Waals surface area contributed by atoms with Gasteiger partial charge in [-0.2, -0.15) is 0 Å². The van der Waals surface area contributed by atoms with E-state index in [0.29, 0.717) is 12.2 Å². The lowest BCUT2D eigenvalue weighted by atomic mass is 10.2. The van der Waals surface area contributed by atoms with E-state index in [-0.39, 0.29) is 5.97 Å². The second-order valence-corrected chi connectivity index (χ2v) is 5.00. The summed E-state index contributed by atoms with van der Waals surface area (Å²) in [6.45, 7) is 2.15. The van der Waals surface area contributed by atoms with E-state index in [2.05, 4.69) is 20.9 Å². The lowest BCUT2D eigenvalue weighted by molar-refractivity contribution is 0.0526. The van der Waals surface area contributed by atoms with Crippen molar-refractivity contribution in [1.82, 2.24) is 0 Å². The monoisotopic (exact) mass is 331 g/mol. The summed E-state index contributed by atoms with van der Waals surface area (Å²) < 4.78 is 5.99. The smallest absolute Gasteiger partial charge is 0.338 e. The van der Waals surface area contributed by atoms with Crippen molar-refractivity contribution in [2.45, 2.75) is 6.92 Å². The van der Waals surface area contributed by atoms with E-state index in [1.54, 1.807) is 31.3 Å². The number of hydrogen-bond donors (Lipinski definition) is 0. The maximum Gasteiger partial charge on any atom is 0.338 e. The van der Waals surface area contributed by atoms with Crippen molar-refractivity contribution < 1.29 is 9.53 Å². The number of benzene rings is 2. The first-order valence-electron chi connectivity index (χ1n) is 6.26. The van der Waals surface area contributed by atoms with Gasteiger partial charge in [0.15, 0.2) is 0 Å². The number of ether oxygens (including phenoxy) is 1. The summed E-state index contributed by atoms with van der Waals surface area (Å²) in [5, 5.41) is 0. The van der Waals surface area contributed by atoms with Gasteiger partial charge in [0.2, 0.25) is 0 Å². The highest BCUT2D eigenvalue weighted by Crippen LogP contribution is 2.16. The molecule has 0 bridgehead atoms. The molecule has 0 atom stereocenters. The molecule has 2 aromatic carbocycles. The molecule has 0 fully saturated rings. The molecule has 0 radical (unpaired) electrons. The number of rotatable bonds is 4. The SMILES string of the molecule is CCOC(=O)c1cccc(N=Cc2ccc(Br)cc2)c1. The first kappa shape index (κ1) is 14.5. The number of esters is 1. The van der Waals surface area contributed by atoms with Crippen LogP contribution in [0.1, 0.15) is 22.8 Å². The number of carbonyl (C=O) groups excluding carboxylic acids is 1. The summed E-state index contributed by atoms with van der Waals surface area (Å²) in [4.78, 5) is 16.0. The molecule has 0 unspecified atom stereocenters. The molecule has 0 aliphatic rings. The fourth-order valence-corrected chi connectivity index (χ4v) is 1.89. The Labute approximate surface area is 126 Å². The zero-order chi connectivity index (χ0) is 14.4. The molecule has 0 heterocycles. The molecule has 0 saturated heterocycles. The van der Waals surface area contributed by atoms with Gasteiger partial charge in [-0.1, -0.05) is 34.1 Å². The largest absolute Gasteiger partial charge is 0.462 e. The van der Waals surface area contributed by atoms with Crippen LogP contribution in [0, 0.1) is 0 Å². The average Bonchev–Trinajstić information content (AvgIpc) is 2.47. The molecule has 0 N–H and O–H groups in total. The van der Waals surface area contributed by atoms with E-state index in [9.17, 15) is 4.79 Å². The molecule has 0 aliphatic carbocycles. The molecule has 0 amide bonds. The lowest BCUT2D eigenvalue weighted by Crippen LogP contribution is -2.03. The minimum absolute atomic E-state index is 0.326. The molecule has 2 aromatic rings. The maximum atomic E-state index is 11.6. The minimum atomic E-state index is -0.326. The summed E-state index contributed by atoms with van der Waals surface area (Å²) >= 11 is 3.39. The van der Waals surface area contributed by atoms with Crippen molar-refractivity contribution in [2.75, 3.05) is 6.61 Å². The van der Waals surface area contributed by atoms with Gasteiger partial charge < -0.3 is 4.74 Å². The van der Waals surface area contributed by atoms with Crippen LogP contribution in [0.15, 0.2) is 58.0 Å². The zero-order valence-electron chi connectivity index (χ0n) is 11.0.